The minimum atomic E-state index is -0.527. The Labute approximate surface area is 169 Å². The monoisotopic (exact) mass is 413 g/mol. The van der Waals surface area contributed by atoms with E-state index < -0.39 is 4.92 Å². The number of thioether (sulfide) groups is 1. The van der Waals surface area contributed by atoms with Crippen molar-refractivity contribution in [1.82, 2.24) is 5.32 Å². The van der Waals surface area contributed by atoms with E-state index in [2.05, 4.69) is 10.3 Å². The number of nitro groups is 1. The summed E-state index contributed by atoms with van der Waals surface area (Å²) in [5.41, 5.74) is 0.720. The van der Waals surface area contributed by atoms with Crippen molar-refractivity contribution in [3.05, 3.63) is 57.0 Å². The van der Waals surface area contributed by atoms with E-state index in [-0.39, 0.29) is 28.9 Å². The van der Waals surface area contributed by atoms with Crippen LogP contribution in [0.5, 0.6) is 17.2 Å². The van der Waals surface area contributed by atoms with E-state index in [0.717, 1.165) is 17.5 Å². The summed E-state index contributed by atoms with van der Waals surface area (Å²) in [6.07, 6.45) is 1.45. The zero-order chi connectivity index (χ0) is 20.4. The molecule has 2 aromatic carbocycles. The predicted octanol–water partition coefficient (Wildman–Crippen LogP) is 3.61. The average Bonchev–Trinajstić information content (AvgIpc) is 3.29. The molecule has 1 amide bonds. The van der Waals surface area contributed by atoms with Crippen LogP contribution in [-0.4, -0.2) is 29.4 Å². The summed E-state index contributed by atoms with van der Waals surface area (Å²) < 4.78 is 15.8. The Kier molecular flexibility index (Phi) is 5.09. The van der Waals surface area contributed by atoms with Gasteiger partial charge in [-0.3, -0.25) is 14.9 Å². The molecule has 2 heterocycles. The first-order valence-electron chi connectivity index (χ1n) is 8.64. The number of hydrogen-bond donors (Lipinski definition) is 1. The van der Waals surface area contributed by atoms with Gasteiger partial charge in [0, 0.05) is 0 Å². The van der Waals surface area contributed by atoms with Crippen LogP contribution in [0, 0.1) is 10.1 Å². The number of nitro benzene ring substituents is 1. The van der Waals surface area contributed by atoms with Crippen molar-refractivity contribution in [2.24, 2.45) is 4.99 Å². The number of nitrogens with zero attached hydrogens (tertiary/aromatic N) is 2. The second-order valence-electron chi connectivity index (χ2n) is 5.93. The molecule has 0 unspecified atom stereocenters. The van der Waals surface area contributed by atoms with E-state index in [1.165, 1.54) is 18.2 Å². The Hall–Kier alpha value is -3.53. The highest BCUT2D eigenvalue weighted by atomic mass is 32.2. The van der Waals surface area contributed by atoms with Crippen molar-refractivity contribution in [2.45, 2.75) is 6.92 Å². The van der Waals surface area contributed by atoms with Gasteiger partial charge in [0.15, 0.2) is 16.7 Å². The van der Waals surface area contributed by atoms with Crippen LogP contribution in [-0.2, 0) is 4.79 Å². The van der Waals surface area contributed by atoms with Crippen molar-refractivity contribution in [2.75, 3.05) is 13.4 Å². The zero-order valence-corrected chi connectivity index (χ0v) is 16.0. The van der Waals surface area contributed by atoms with Crippen LogP contribution in [0.25, 0.3) is 6.08 Å². The second kappa shape index (κ2) is 7.84. The molecule has 4 rings (SSSR count). The quantitative estimate of drug-likeness (QED) is 0.453. The molecular weight excluding hydrogens is 398 g/mol. The predicted molar refractivity (Wildman–Crippen MR) is 108 cm³/mol. The van der Waals surface area contributed by atoms with E-state index >= 15 is 0 Å². The number of fused-ring (bicyclic) bond motifs is 1. The van der Waals surface area contributed by atoms with Crippen molar-refractivity contribution in [3.63, 3.8) is 0 Å². The molecule has 0 atom stereocenters. The molecule has 2 aliphatic rings. The average molecular weight is 413 g/mol. The van der Waals surface area contributed by atoms with Gasteiger partial charge in [-0.25, -0.2) is 4.99 Å². The zero-order valence-electron chi connectivity index (χ0n) is 15.2. The fourth-order valence-electron chi connectivity index (χ4n) is 2.74. The van der Waals surface area contributed by atoms with Gasteiger partial charge in [-0.1, -0.05) is 0 Å². The molecular formula is C19H15N3O6S. The van der Waals surface area contributed by atoms with Gasteiger partial charge in [0.25, 0.3) is 11.6 Å². The molecule has 1 fully saturated rings. The van der Waals surface area contributed by atoms with Crippen LogP contribution in [0.15, 0.2) is 46.3 Å². The maximum atomic E-state index is 12.3. The summed E-state index contributed by atoms with van der Waals surface area (Å²) >= 11 is 1.10. The number of rotatable bonds is 5. The number of ether oxygens (including phenoxy) is 3. The van der Waals surface area contributed by atoms with Gasteiger partial charge in [-0.15, -0.1) is 0 Å². The van der Waals surface area contributed by atoms with E-state index in [1.54, 1.807) is 24.3 Å². The first-order valence-corrected chi connectivity index (χ1v) is 9.45. The molecule has 0 saturated carbocycles. The molecule has 0 aromatic heterocycles. The first-order chi connectivity index (χ1) is 14.0. The number of amidine groups is 1. The standard InChI is InChI=1S/C19H15N3O6S/c1-2-26-13-5-3-12(4-6-13)20-19-21-18(23)17(29-19)8-11-7-15-16(28-10-27-15)9-14(11)22(24)25/h3-9H,2,10H2,1H3,(H,20,21,23)/b17-8+. The SMILES string of the molecule is CCOc1ccc(N=C2NC(=O)/C(=C\c3cc4c(cc3[N+](=O)[O-])OCO4)S2)cc1. The van der Waals surface area contributed by atoms with Crippen molar-refractivity contribution >= 4 is 40.3 Å². The number of nitrogens with one attached hydrogen (secondary N) is 1. The van der Waals surface area contributed by atoms with Gasteiger partial charge < -0.3 is 19.5 Å². The highest BCUT2D eigenvalue weighted by molar-refractivity contribution is 8.18. The maximum absolute atomic E-state index is 12.3. The Morgan fingerprint density at radius 2 is 2.00 bits per heavy atom. The van der Waals surface area contributed by atoms with Crippen LogP contribution < -0.4 is 19.5 Å². The molecule has 2 aromatic rings. The maximum Gasteiger partial charge on any atom is 0.280 e. The van der Waals surface area contributed by atoms with E-state index in [4.69, 9.17) is 14.2 Å². The van der Waals surface area contributed by atoms with Gasteiger partial charge in [0.1, 0.15) is 5.75 Å². The fourth-order valence-corrected chi connectivity index (χ4v) is 3.58. The molecule has 2 aliphatic heterocycles. The number of carbonyl (C=O) groups excluding carboxylic acids is 1. The van der Waals surface area contributed by atoms with E-state index in [9.17, 15) is 14.9 Å². The topological polar surface area (TPSA) is 112 Å². The van der Waals surface area contributed by atoms with Crippen LogP contribution in [0.2, 0.25) is 0 Å². The molecule has 29 heavy (non-hydrogen) atoms. The van der Waals surface area contributed by atoms with Gasteiger partial charge in [0.05, 0.1) is 33.8 Å². The molecule has 1 saturated heterocycles. The molecule has 0 aliphatic carbocycles. The molecule has 0 radical (unpaired) electrons. The smallest absolute Gasteiger partial charge is 0.280 e. The van der Waals surface area contributed by atoms with Gasteiger partial charge in [0.2, 0.25) is 6.79 Å². The minimum Gasteiger partial charge on any atom is -0.494 e. The Morgan fingerprint density at radius 1 is 1.28 bits per heavy atom. The molecule has 1 N–H and O–H groups in total. The number of benzene rings is 2. The number of carbonyl (C=O) groups is 1. The van der Waals surface area contributed by atoms with Gasteiger partial charge >= 0.3 is 0 Å². The van der Waals surface area contributed by atoms with Crippen molar-refractivity contribution < 1.29 is 23.9 Å². The lowest BCUT2D eigenvalue weighted by Crippen LogP contribution is -2.19. The number of hydrogen-bond acceptors (Lipinski definition) is 8. The summed E-state index contributed by atoms with van der Waals surface area (Å²) in [5.74, 6) is 1.05. The summed E-state index contributed by atoms with van der Waals surface area (Å²) in [6, 6.07) is 9.91. The number of amides is 1. The molecule has 148 valence electrons. The Balaban J connectivity index is 1.60. The highest BCUT2D eigenvalue weighted by Gasteiger charge is 2.27. The van der Waals surface area contributed by atoms with E-state index in [0.29, 0.717) is 29.0 Å². The third kappa shape index (κ3) is 4.02. The Bertz CT molecular complexity index is 1050. The number of aliphatic imine (C=N–C) groups is 1. The Morgan fingerprint density at radius 3 is 2.69 bits per heavy atom. The van der Waals surface area contributed by atoms with Gasteiger partial charge in [-0.05, 0) is 55.1 Å². The molecule has 10 heteroatoms. The van der Waals surface area contributed by atoms with Gasteiger partial charge in [-0.2, -0.15) is 0 Å². The fraction of sp³-hybridized carbons (Fsp3) is 0.158. The second-order valence-corrected chi connectivity index (χ2v) is 6.96. The lowest BCUT2D eigenvalue weighted by atomic mass is 10.1. The largest absolute Gasteiger partial charge is 0.494 e. The highest BCUT2D eigenvalue weighted by Crippen LogP contribution is 2.40. The van der Waals surface area contributed by atoms with Crippen molar-refractivity contribution in [1.29, 1.82) is 0 Å². The van der Waals surface area contributed by atoms with Crippen LogP contribution in [0.3, 0.4) is 0 Å². The molecule has 9 nitrogen and oxygen atoms in total. The molecule has 0 spiro atoms. The lowest BCUT2D eigenvalue weighted by Gasteiger charge is -2.02. The first kappa shape index (κ1) is 18.8. The summed E-state index contributed by atoms with van der Waals surface area (Å²) in [7, 11) is 0. The van der Waals surface area contributed by atoms with E-state index in [1.807, 2.05) is 6.92 Å². The molecule has 0 bridgehead atoms. The third-order valence-corrected chi connectivity index (χ3v) is 4.94. The summed E-state index contributed by atoms with van der Waals surface area (Å²) in [5, 5.41) is 14.4. The summed E-state index contributed by atoms with van der Waals surface area (Å²) in [6.45, 7) is 2.47. The lowest BCUT2D eigenvalue weighted by molar-refractivity contribution is -0.385. The summed E-state index contributed by atoms with van der Waals surface area (Å²) in [4.78, 5) is 27.9. The van der Waals surface area contributed by atoms with Crippen molar-refractivity contribution in [3.8, 4) is 17.2 Å². The van der Waals surface area contributed by atoms with Crippen LogP contribution in [0.4, 0.5) is 11.4 Å². The minimum absolute atomic E-state index is 0.000635. The van der Waals surface area contributed by atoms with Crippen LogP contribution >= 0.6 is 11.8 Å². The normalized spacial score (nSPS) is 17.6. The van der Waals surface area contributed by atoms with Crippen LogP contribution in [0.1, 0.15) is 12.5 Å². The third-order valence-electron chi connectivity index (χ3n) is 4.03.